The monoisotopic (exact) mass is 342 g/mol. The Morgan fingerprint density at radius 3 is 2.84 bits per heavy atom. The smallest absolute Gasteiger partial charge is 0.345 e. The molecule has 0 aliphatic carbocycles. The molecule has 7 nitrogen and oxygen atoms in total. The largest absolute Gasteiger partial charge is 0.356 e. The maximum Gasteiger partial charge on any atom is 0.345 e. The number of hydrogen-bond acceptors (Lipinski definition) is 3. The summed E-state index contributed by atoms with van der Waals surface area (Å²) in [4.78, 5) is 16.5. The van der Waals surface area contributed by atoms with Gasteiger partial charge >= 0.3 is 5.69 Å². The predicted molar refractivity (Wildman–Crippen MR) is 98.7 cm³/mol. The summed E-state index contributed by atoms with van der Waals surface area (Å²) in [5, 5.41) is 11.0. The summed E-state index contributed by atoms with van der Waals surface area (Å²) in [7, 11) is 1.76. The zero-order valence-corrected chi connectivity index (χ0v) is 14.7. The summed E-state index contributed by atoms with van der Waals surface area (Å²) in [5.74, 6) is 1.70. The molecule has 0 fully saturated rings. The molecule has 0 spiro atoms. The maximum atomic E-state index is 12.3. The molecule has 3 rings (SSSR count). The second-order valence-electron chi connectivity index (χ2n) is 6.22. The van der Waals surface area contributed by atoms with Crippen LogP contribution in [0.3, 0.4) is 0 Å². The van der Waals surface area contributed by atoms with E-state index in [1.165, 1.54) is 5.56 Å². The zero-order valence-electron chi connectivity index (χ0n) is 14.7. The summed E-state index contributed by atoms with van der Waals surface area (Å²) in [6, 6.07) is 10.2. The van der Waals surface area contributed by atoms with E-state index in [9.17, 15) is 4.79 Å². The molecule has 1 aliphatic heterocycles. The van der Waals surface area contributed by atoms with Crippen molar-refractivity contribution < 1.29 is 0 Å². The van der Waals surface area contributed by atoms with Crippen LogP contribution < -0.4 is 16.3 Å². The third kappa shape index (κ3) is 4.49. The van der Waals surface area contributed by atoms with E-state index in [-0.39, 0.29) is 5.69 Å². The minimum absolute atomic E-state index is 0.0290. The summed E-state index contributed by atoms with van der Waals surface area (Å²) in [5.41, 5.74) is 1.24. The van der Waals surface area contributed by atoms with Crippen molar-refractivity contribution in [2.75, 3.05) is 13.6 Å². The highest BCUT2D eigenvalue weighted by molar-refractivity contribution is 5.79. The van der Waals surface area contributed by atoms with E-state index < -0.39 is 0 Å². The third-order valence-corrected chi connectivity index (χ3v) is 4.40. The first kappa shape index (κ1) is 17.3. The van der Waals surface area contributed by atoms with Gasteiger partial charge in [0.15, 0.2) is 5.96 Å². The fourth-order valence-electron chi connectivity index (χ4n) is 3.03. The Balaban J connectivity index is 1.43. The van der Waals surface area contributed by atoms with Gasteiger partial charge in [-0.2, -0.15) is 5.10 Å². The van der Waals surface area contributed by atoms with E-state index in [1.807, 2.05) is 22.8 Å². The van der Waals surface area contributed by atoms with Gasteiger partial charge in [0, 0.05) is 39.6 Å². The topological polar surface area (TPSA) is 76.2 Å². The fourth-order valence-corrected chi connectivity index (χ4v) is 3.03. The first-order valence-electron chi connectivity index (χ1n) is 8.93. The Kier molecular flexibility index (Phi) is 5.87. The molecule has 1 aromatic carbocycles. The van der Waals surface area contributed by atoms with E-state index in [0.717, 1.165) is 57.1 Å². The van der Waals surface area contributed by atoms with Crippen molar-refractivity contribution in [1.29, 1.82) is 0 Å². The minimum atomic E-state index is 0.0290. The van der Waals surface area contributed by atoms with Crippen molar-refractivity contribution in [3.05, 3.63) is 52.2 Å². The van der Waals surface area contributed by atoms with E-state index in [1.54, 1.807) is 11.7 Å². The Morgan fingerprint density at radius 1 is 1.24 bits per heavy atom. The number of aliphatic imine (C=N–C) groups is 1. The molecule has 0 unspecified atom stereocenters. The molecule has 2 N–H and O–H groups in total. The maximum absolute atomic E-state index is 12.3. The van der Waals surface area contributed by atoms with Gasteiger partial charge in [-0.3, -0.25) is 9.56 Å². The van der Waals surface area contributed by atoms with Gasteiger partial charge < -0.3 is 10.6 Å². The fraction of sp³-hybridized carbons (Fsp3) is 0.500. The molecule has 25 heavy (non-hydrogen) atoms. The van der Waals surface area contributed by atoms with Gasteiger partial charge in [0.05, 0.1) is 0 Å². The van der Waals surface area contributed by atoms with Gasteiger partial charge in [0.1, 0.15) is 5.82 Å². The lowest BCUT2D eigenvalue weighted by Gasteiger charge is -2.11. The number of hydrogen-bond donors (Lipinski definition) is 2. The molecule has 1 aliphatic rings. The van der Waals surface area contributed by atoms with Crippen LogP contribution in [0.5, 0.6) is 0 Å². The van der Waals surface area contributed by atoms with Gasteiger partial charge in [-0.05, 0) is 24.8 Å². The van der Waals surface area contributed by atoms with E-state index in [2.05, 4.69) is 32.9 Å². The second-order valence-corrected chi connectivity index (χ2v) is 6.22. The van der Waals surface area contributed by atoms with Crippen LogP contribution in [0.25, 0.3) is 0 Å². The Labute approximate surface area is 147 Å². The van der Waals surface area contributed by atoms with E-state index >= 15 is 0 Å². The Morgan fingerprint density at radius 2 is 2.08 bits per heavy atom. The van der Waals surface area contributed by atoms with Gasteiger partial charge in [0.2, 0.25) is 0 Å². The van der Waals surface area contributed by atoms with Gasteiger partial charge in [0.25, 0.3) is 0 Å². The molecule has 2 heterocycles. The normalized spacial score (nSPS) is 14.2. The number of nitrogens with zero attached hydrogens (tertiary/aromatic N) is 4. The molecule has 0 saturated heterocycles. The van der Waals surface area contributed by atoms with Crippen molar-refractivity contribution in [3.63, 3.8) is 0 Å². The van der Waals surface area contributed by atoms with Gasteiger partial charge in [-0.1, -0.05) is 30.3 Å². The van der Waals surface area contributed by atoms with Crippen LogP contribution in [0, 0.1) is 0 Å². The standard InChI is InChI=1S/C18H26N6O/c1-19-17(21-14-15-8-3-2-4-9-15)20-11-7-13-24-18(25)23-12-6-5-10-16(23)22-24/h2-4,8-9H,5-7,10-14H2,1H3,(H2,19,20,21). The highest BCUT2D eigenvalue weighted by Gasteiger charge is 2.16. The second kappa shape index (κ2) is 8.50. The summed E-state index contributed by atoms with van der Waals surface area (Å²) >= 11 is 0. The quantitative estimate of drug-likeness (QED) is 0.469. The number of aromatic nitrogens is 3. The number of nitrogens with one attached hydrogen (secondary N) is 2. The molecule has 0 bridgehead atoms. The van der Waals surface area contributed by atoms with Crippen LogP contribution in [0.2, 0.25) is 0 Å². The average Bonchev–Trinajstić information content (AvgIpc) is 2.98. The van der Waals surface area contributed by atoms with Crippen molar-refractivity contribution in [2.45, 2.75) is 45.3 Å². The predicted octanol–water partition coefficient (Wildman–Crippen LogP) is 1.14. The van der Waals surface area contributed by atoms with Crippen LogP contribution in [0.4, 0.5) is 0 Å². The van der Waals surface area contributed by atoms with Crippen LogP contribution in [0.15, 0.2) is 40.1 Å². The molecule has 1 aromatic heterocycles. The SMILES string of the molecule is CN=C(NCCCn1nc2n(c1=O)CCCC2)NCc1ccccc1. The summed E-state index contributed by atoms with van der Waals surface area (Å²) in [6.07, 6.45) is 3.93. The van der Waals surface area contributed by atoms with Gasteiger partial charge in [-0.25, -0.2) is 9.48 Å². The number of benzene rings is 1. The molecule has 0 amide bonds. The lowest BCUT2D eigenvalue weighted by Crippen LogP contribution is -2.37. The molecular weight excluding hydrogens is 316 g/mol. The first-order valence-corrected chi connectivity index (χ1v) is 8.93. The molecule has 0 atom stereocenters. The Hall–Kier alpha value is -2.57. The molecule has 2 aromatic rings. The lowest BCUT2D eigenvalue weighted by atomic mass is 10.2. The molecule has 7 heteroatoms. The minimum Gasteiger partial charge on any atom is -0.356 e. The number of fused-ring (bicyclic) bond motifs is 1. The summed E-state index contributed by atoms with van der Waals surface area (Å²) < 4.78 is 3.42. The van der Waals surface area contributed by atoms with Crippen LogP contribution in [-0.2, 0) is 26.1 Å². The average molecular weight is 342 g/mol. The number of rotatable bonds is 6. The third-order valence-electron chi connectivity index (χ3n) is 4.40. The van der Waals surface area contributed by atoms with Crippen LogP contribution in [0.1, 0.15) is 30.7 Å². The molecular formula is C18H26N6O. The van der Waals surface area contributed by atoms with E-state index in [4.69, 9.17) is 0 Å². The van der Waals surface area contributed by atoms with E-state index in [0.29, 0.717) is 6.54 Å². The van der Waals surface area contributed by atoms with Crippen LogP contribution in [-0.4, -0.2) is 33.9 Å². The zero-order chi connectivity index (χ0) is 17.5. The molecule has 0 saturated carbocycles. The Bertz CT molecular complexity index is 762. The molecule has 134 valence electrons. The van der Waals surface area contributed by atoms with Crippen molar-refractivity contribution in [2.24, 2.45) is 4.99 Å². The van der Waals surface area contributed by atoms with Crippen LogP contribution >= 0.6 is 0 Å². The number of aryl methyl sites for hydroxylation is 2. The lowest BCUT2D eigenvalue weighted by molar-refractivity contribution is 0.509. The van der Waals surface area contributed by atoms with Crippen molar-refractivity contribution >= 4 is 5.96 Å². The summed E-state index contributed by atoms with van der Waals surface area (Å²) in [6.45, 7) is 2.90. The number of guanidine groups is 1. The van der Waals surface area contributed by atoms with Crippen molar-refractivity contribution in [3.8, 4) is 0 Å². The first-order chi connectivity index (χ1) is 12.3. The van der Waals surface area contributed by atoms with Crippen molar-refractivity contribution in [1.82, 2.24) is 25.0 Å². The highest BCUT2D eigenvalue weighted by Crippen LogP contribution is 2.09. The molecule has 0 radical (unpaired) electrons. The highest BCUT2D eigenvalue weighted by atomic mass is 16.2. The van der Waals surface area contributed by atoms with Gasteiger partial charge in [-0.15, -0.1) is 0 Å².